The minimum Gasteiger partial charge on any atom is -0.507 e. The first kappa shape index (κ1) is 28.5. The number of aromatic hydroxyl groups is 4. The zero-order valence-corrected chi connectivity index (χ0v) is 21.8. The molecule has 2 aliphatic rings. The molecule has 0 aliphatic heterocycles. The van der Waals surface area contributed by atoms with Gasteiger partial charge < -0.3 is 30.6 Å². The summed E-state index contributed by atoms with van der Waals surface area (Å²) in [5, 5.41) is 64.2. The zero-order chi connectivity index (χ0) is 29.6. The molecule has 0 aromatic heterocycles. The van der Waals surface area contributed by atoms with Crippen LogP contribution < -0.4 is 0 Å². The number of aliphatic hydroxyl groups excluding tert-OH is 2. The summed E-state index contributed by atoms with van der Waals surface area (Å²) in [7, 11) is 0. The zero-order valence-electron chi connectivity index (χ0n) is 21.8. The first-order valence-electron chi connectivity index (χ1n) is 12.6. The molecule has 0 heterocycles. The molecule has 0 saturated carbocycles. The van der Waals surface area contributed by atoms with E-state index in [0.717, 1.165) is 24.3 Å². The lowest BCUT2D eigenvalue weighted by Gasteiger charge is -2.24. The molecule has 0 unspecified atom stereocenters. The van der Waals surface area contributed by atoms with Crippen molar-refractivity contribution in [2.75, 3.05) is 0 Å². The van der Waals surface area contributed by atoms with Gasteiger partial charge in [-0.25, -0.2) is 0 Å². The van der Waals surface area contributed by atoms with E-state index >= 15 is 0 Å². The summed E-state index contributed by atoms with van der Waals surface area (Å²) in [4.78, 5) is 52.0. The summed E-state index contributed by atoms with van der Waals surface area (Å²) in [6.07, 6.45) is 1.09. The monoisotopic (exact) mass is 548 g/mol. The number of benzene rings is 2. The van der Waals surface area contributed by atoms with Crippen molar-refractivity contribution in [2.45, 2.75) is 45.3 Å². The Balaban J connectivity index is 1.84. The molecule has 4 rings (SSSR count). The Bertz CT molecular complexity index is 1560. The number of carbonyl (C=O) groups excluding carboxylic acids is 4. The molecule has 2 atom stereocenters. The van der Waals surface area contributed by atoms with Gasteiger partial charge in [-0.15, -0.1) is 6.58 Å². The molecule has 2 aliphatic carbocycles. The van der Waals surface area contributed by atoms with Gasteiger partial charge in [0, 0.05) is 22.3 Å². The van der Waals surface area contributed by atoms with Gasteiger partial charge >= 0.3 is 0 Å². The second-order valence-corrected chi connectivity index (χ2v) is 10.2. The number of phenols is 4. The fourth-order valence-electron chi connectivity index (χ4n) is 4.94. The second-order valence-electron chi connectivity index (χ2n) is 10.2. The molecule has 0 radical (unpaired) electrons. The van der Waals surface area contributed by atoms with E-state index in [4.69, 9.17) is 0 Å². The fraction of sp³-hybridized carbons (Fsp3) is 0.267. The lowest BCUT2D eigenvalue weighted by Crippen LogP contribution is -2.26. The Labute approximate surface area is 228 Å². The second kappa shape index (κ2) is 10.6. The Morgan fingerprint density at radius 3 is 1.52 bits per heavy atom. The largest absolute Gasteiger partial charge is 0.507 e. The van der Waals surface area contributed by atoms with Crippen molar-refractivity contribution in [1.82, 2.24) is 0 Å². The Hall–Kier alpha value is -4.54. The molecule has 10 nitrogen and oxygen atoms in total. The quantitative estimate of drug-likeness (QED) is 0.210. The van der Waals surface area contributed by atoms with Crippen LogP contribution in [0.25, 0.3) is 11.1 Å². The van der Waals surface area contributed by atoms with Crippen LogP contribution >= 0.6 is 0 Å². The summed E-state index contributed by atoms with van der Waals surface area (Å²) in [6.45, 7) is 7.32. The van der Waals surface area contributed by atoms with Gasteiger partial charge in [-0.05, 0) is 49.5 Å². The van der Waals surface area contributed by atoms with Gasteiger partial charge in [0.25, 0.3) is 0 Å². The predicted octanol–water partition coefficient (Wildman–Crippen LogP) is 3.52. The summed E-state index contributed by atoms with van der Waals surface area (Å²) in [5.74, 6) is -6.56. The van der Waals surface area contributed by atoms with Crippen LogP contribution in [0.4, 0.5) is 0 Å². The highest BCUT2D eigenvalue weighted by Crippen LogP contribution is 2.49. The predicted molar refractivity (Wildman–Crippen MR) is 143 cm³/mol. The van der Waals surface area contributed by atoms with Crippen LogP contribution in [-0.2, 0) is 0 Å². The van der Waals surface area contributed by atoms with Crippen LogP contribution in [0, 0.1) is 5.92 Å². The van der Waals surface area contributed by atoms with Crippen molar-refractivity contribution in [3.05, 3.63) is 70.3 Å². The van der Waals surface area contributed by atoms with Crippen molar-refractivity contribution in [1.29, 1.82) is 0 Å². The third-order valence-electron chi connectivity index (χ3n) is 7.02. The Kier molecular flexibility index (Phi) is 7.51. The number of carbonyl (C=O) groups is 4. The molecule has 208 valence electrons. The first-order chi connectivity index (χ1) is 18.8. The van der Waals surface area contributed by atoms with Crippen molar-refractivity contribution >= 4 is 23.1 Å². The minimum atomic E-state index is -1.38. The Morgan fingerprint density at radius 2 is 1.12 bits per heavy atom. The molecule has 0 amide bonds. The molecule has 0 saturated heterocycles. The van der Waals surface area contributed by atoms with E-state index in [1.165, 1.54) is 6.08 Å². The molecule has 2 aromatic carbocycles. The van der Waals surface area contributed by atoms with Crippen LogP contribution in [0.5, 0.6) is 23.0 Å². The van der Waals surface area contributed by atoms with Gasteiger partial charge in [0.2, 0.25) is 0 Å². The van der Waals surface area contributed by atoms with E-state index in [1.54, 1.807) is 0 Å². The number of allylic oxidation sites excluding steroid dienone is 2. The normalized spacial score (nSPS) is 16.3. The summed E-state index contributed by atoms with van der Waals surface area (Å²) < 4.78 is 0. The minimum absolute atomic E-state index is 0.0506. The maximum Gasteiger partial charge on any atom is 0.196 e. The van der Waals surface area contributed by atoms with E-state index in [1.807, 2.05) is 13.8 Å². The Morgan fingerprint density at radius 1 is 0.700 bits per heavy atom. The number of Topliss-reactive ketones (excluding diaryl/α,β-unsaturated/α-hetero) is 2. The standard InChI is InChI=1S/C30H28O10/c1-4-5-17(31)15-10-21(35)23-25(29(15)39)19(33)8-13(27(23)37)14-9-20(34)26-24(28(14)38)22(36)11-16(30(26)40)18(32)7-6-12(2)3/h4,8-12,17-18,31-34,37-38H,1,5-7H2,2-3H3/t17-,18+/m1/s1. The maximum absolute atomic E-state index is 13.1. The number of fused-ring (bicyclic) bond motifs is 2. The average molecular weight is 549 g/mol. The highest BCUT2D eigenvalue weighted by Gasteiger charge is 2.38. The maximum atomic E-state index is 13.1. The molecule has 0 fully saturated rings. The van der Waals surface area contributed by atoms with Crippen molar-refractivity contribution in [3.63, 3.8) is 0 Å². The molecule has 0 spiro atoms. The smallest absolute Gasteiger partial charge is 0.196 e. The third-order valence-corrected chi connectivity index (χ3v) is 7.02. The van der Waals surface area contributed by atoms with Crippen molar-refractivity contribution in [2.24, 2.45) is 5.92 Å². The number of rotatable bonds is 8. The highest BCUT2D eigenvalue weighted by molar-refractivity contribution is 6.29. The van der Waals surface area contributed by atoms with E-state index < -0.39 is 91.7 Å². The molecule has 2 aromatic rings. The van der Waals surface area contributed by atoms with E-state index in [2.05, 4.69) is 6.58 Å². The van der Waals surface area contributed by atoms with Crippen molar-refractivity contribution < 1.29 is 49.8 Å². The number of phenolic OH excluding ortho intramolecular Hbond substituents is 4. The van der Waals surface area contributed by atoms with Gasteiger partial charge in [0.1, 0.15) is 23.0 Å². The van der Waals surface area contributed by atoms with Gasteiger partial charge in [-0.2, -0.15) is 0 Å². The van der Waals surface area contributed by atoms with Crippen LogP contribution in [0.1, 0.15) is 74.5 Å². The summed E-state index contributed by atoms with van der Waals surface area (Å²) in [6, 6.07) is 1.73. The van der Waals surface area contributed by atoms with E-state index in [-0.39, 0.29) is 29.9 Å². The van der Waals surface area contributed by atoms with Crippen LogP contribution in [0.3, 0.4) is 0 Å². The average Bonchev–Trinajstić information content (AvgIpc) is 2.89. The molecular formula is C30H28O10. The lowest BCUT2D eigenvalue weighted by molar-refractivity contribution is 0.0934. The molecular weight excluding hydrogens is 520 g/mol. The van der Waals surface area contributed by atoms with Crippen LogP contribution in [0.15, 0.2) is 48.1 Å². The number of hydrogen-bond donors (Lipinski definition) is 6. The molecule has 40 heavy (non-hydrogen) atoms. The van der Waals surface area contributed by atoms with Gasteiger partial charge in [0.15, 0.2) is 23.1 Å². The number of ketones is 4. The van der Waals surface area contributed by atoms with Gasteiger partial charge in [-0.1, -0.05) is 19.9 Å². The topological polar surface area (TPSA) is 190 Å². The lowest BCUT2D eigenvalue weighted by atomic mass is 9.81. The van der Waals surface area contributed by atoms with Gasteiger partial charge in [0.05, 0.1) is 34.5 Å². The van der Waals surface area contributed by atoms with Gasteiger partial charge in [-0.3, -0.25) is 19.2 Å². The third kappa shape index (κ3) is 4.61. The molecule has 10 heteroatoms. The van der Waals surface area contributed by atoms with E-state index in [9.17, 15) is 49.8 Å². The SMILES string of the molecule is C=CC[C@@H](O)C1=CC(=O)c2c(O)c(-c3cc(O)c4c(c3O)C(=O)C=C([C@@H](O)CCC(C)C)C4=O)cc(O)c2C1=O. The van der Waals surface area contributed by atoms with Crippen LogP contribution in [-0.4, -0.2) is 66.0 Å². The van der Waals surface area contributed by atoms with E-state index in [0.29, 0.717) is 6.42 Å². The molecule has 0 bridgehead atoms. The number of hydrogen-bond acceptors (Lipinski definition) is 10. The summed E-state index contributed by atoms with van der Waals surface area (Å²) >= 11 is 0. The van der Waals surface area contributed by atoms with Crippen LogP contribution in [0.2, 0.25) is 0 Å². The van der Waals surface area contributed by atoms with Crippen molar-refractivity contribution in [3.8, 4) is 34.1 Å². The molecule has 6 N–H and O–H groups in total. The first-order valence-corrected chi connectivity index (χ1v) is 12.6. The summed E-state index contributed by atoms with van der Waals surface area (Å²) in [5.41, 5.74) is -3.67. The highest BCUT2D eigenvalue weighted by atomic mass is 16.3. The number of aliphatic hydroxyl groups is 2. The fourth-order valence-corrected chi connectivity index (χ4v) is 4.94.